The van der Waals surface area contributed by atoms with Crippen molar-refractivity contribution in [1.29, 1.82) is 0 Å². The third-order valence-electron chi connectivity index (χ3n) is 2.58. The lowest BCUT2D eigenvalue weighted by atomic mass is 10.2. The molecular formula is C11H12Cl2N2O. The van der Waals surface area contributed by atoms with Gasteiger partial charge in [0.25, 0.3) is 5.91 Å². The number of hydrogen-bond acceptors (Lipinski definition) is 2. The molecule has 0 saturated carbocycles. The molecule has 1 aromatic carbocycles. The summed E-state index contributed by atoms with van der Waals surface area (Å²) in [5.41, 5.74) is 0.410. The molecule has 86 valence electrons. The maximum Gasteiger partial charge on any atom is 0.256 e. The van der Waals surface area contributed by atoms with E-state index < -0.39 is 0 Å². The van der Waals surface area contributed by atoms with Gasteiger partial charge >= 0.3 is 0 Å². The summed E-state index contributed by atoms with van der Waals surface area (Å²) in [6.07, 6.45) is 0. The average molecular weight is 259 g/mol. The SMILES string of the molecule is O=C(c1c(Cl)cccc1Cl)N1CCNCC1. The predicted octanol–water partition coefficient (Wildman–Crippen LogP) is 2.04. The van der Waals surface area contributed by atoms with E-state index in [9.17, 15) is 4.79 Å². The van der Waals surface area contributed by atoms with Crippen LogP contribution in [0.5, 0.6) is 0 Å². The largest absolute Gasteiger partial charge is 0.336 e. The molecule has 1 aromatic rings. The molecule has 2 rings (SSSR count). The van der Waals surface area contributed by atoms with Gasteiger partial charge in [-0.05, 0) is 12.1 Å². The van der Waals surface area contributed by atoms with Crippen molar-refractivity contribution in [2.24, 2.45) is 0 Å². The highest BCUT2D eigenvalue weighted by Crippen LogP contribution is 2.25. The molecule has 1 amide bonds. The molecule has 3 nitrogen and oxygen atoms in total. The van der Waals surface area contributed by atoms with Crippen molar-refractivity contribution < 1.29 is 4.79 Å². The maximum atomic E-state index is 12.2. The van der Waals surface area contributed by atoms with Crippen molar-refractivity contribution in [3.8, 4) is 0 Å². The Hall–Kier alpha value is -0.770. The average Bonchev–Trinajstić information content (AvgIpc) is 2.30. The first kappa shape index (κ1) is 11.7. The van der Waals surface area contributed by atoms with Crippen LogP contribution in [-0.4, -0.2) is 37.0 Å². The van der Waals surface area contributed by atoms with Crippen LogP contribution < -0.4 is 5.32 Å². The molecule has 0 radical (unpaired) electrons. The molecule has 1 N–H and O–H groups in total. The second-order valence-electron chi connectivity index (χ2n) is 3.64. The Morgan fingerprint density at radius 3 is 2.31 bits per heavy atom. The Morgan fingerprint density at radius 2 is 1.75 bits per heavy atom. The van der Waals surface area contributed by atoms with Crippen LogP contribution in [0, 0.1) is 0 Å². The normalized spacial score (nSPS) is 16.2. The summed E-state index contributed by atoms with van der Waals surface area (Å²) < 4.78 is 0. The third-order valence-corrected chi connectivity index (χ3v) is 3.21. The predicted molar refractivity (Wildman–Crippen MR) is 65.2 cm³/mol. The molecule has 0 aromatic heterocycles. The molecule has 1 aliphatic heterocycles. The lowest BCUT2D eigenvalue weighted by Crippen LogP contribution is -2.46. The number of benzene rings is 1. The van der Waals surface area contributed by atoms with Crippen LogP contribution in [0.15, 0.2) is 18.2 Å². The molecule has 0 aliphatic carbocycles. The lowest BCUT2D eigenvalue weighted by molar-refractivity contribution is 0.0736. The van der Waals surface area contributed by atoms with Crippen LogP contribution in [0.4, 0.5) is 0 Å². The molecule has 1 heterocycles. The van der Waals surface area contributed by atoms with Crippen molar-refractivity contribution in [1.82, 2.24) is 10.2 Å². The molecule has 1 saturated heterocycles. The fraction of sp³-hybridized carbons (Fsp3) is 0.364. The summed E-state index contributed by atoms with van der Waals surface area (Å²) in [6, 6.07) is 5.10. The minimum absolute atomic E-state index is 0.0860. The number of amides is 1. The highest BCUT2D eigenvalue weighted by molar-refractivity contribution is 6.39. The Morgan fingerprint density at radius 1 is 1.19 bits per heavy atom. The molecule has 0 bridgehead atoms. The fourth-order valence-corrected chi connectivity index (χ4v) is 2.29. The number of nitrogens with zero attached hydrogens (tertiary/aromatic N) is 1. The van der Waals surface area contributed by atoms with E-state index in [1.54, 1.807) is 23.1 Å². The van der Waals surface area contributed by atoms with Crippen LogP contribution in [0.2, 0.25) is 10.0 Å². The number of halogens is 2. The summed E-state index contributed by atoms with van der Waals surface area (Å²) in [7, 11) is 0. The summed E-state index contributed by atoms with van der Waals surface area (Å²) in [5.74, 6) is -0.0860. The highest BCUT2D eigenvalue weighted by atomic mass is 35.5. The van der Waals surface area contributed by atoms with E-state index >= 15 is 0 Å². The van der Waals surface area contributed by atoms with E-state index in [0.717, 1.165) is 13.1 Å². The van der Waals surface area contributed by atoms with Gasteiger partial charge in [-0.1, -0.05) is 29.3 Å². The molecular weight excluding hydrogens is 247 g/mol. The van der Waals surface area contributed by atoms with Crippen molar-refractivity contribution in [2.45, 2.75) is 0 Å². The number of piperazine rings is 1. The minimum Gasteiger partial charge on any atom is -0.336 e. The van der Waals surface area contributed by atoms with Crippen LogP contribution in [-0.2, 0) is 0 Å². The highest BCUT2D eigenvalue weighted by Gasteiger charge is 2.22. The van der Waals surface area contributed by atoms with Crippen LogP contribution in [0.25, 0.3) is 0 Å². The first-order valence-corrected chi connectivity index (χ1v) is 5.90. The van der Waals surface area contributed by atoms with Crippen LogP contribution in [0.1, 0.15) is 10.4 Å². The second-order valence-corrected chi connectivity index (χ2v) is 4.45. The first-order chi connectivity index (χ1) is 7.70. The van der Waals surface area contributed by atoms with Gasteiger partial charge in [0.1, 0.15) is 0 Å². The molecule has 0 spiro atoms. The van der Waals surface area contributed by atoms with Gasteiger partial charge in [-0.2, -0.15) is 0 Å². The molecule has 0 unspecified atom stereocenters. The Balaban J connectivity index is 2.26. The lowest BCUT2D eigenvalue weighted by Gasteiger charge is -2.28. The maximum absolute atomic E-state index is 12.2. The summed E-state index contributed by atoms with van der Waals surface area (Å²) >= 11 is 12.0. The van der Waals surface area contributed by atoms with Gasteiger partial charge < -0.3 is 10.2 Å². The molecule has 5 heteroatoms. The minimum atomic E-state index is -0.0860. The zero-order valence-electron chi connectivity index (χ0n) is 8.67. The van der Waals surface area contributed by atoms with Gasteiger partial charge in [-0.15, -0.1) is 0 Å². The van der Waals surface area contributed by atoms with Gasteiger partial charge in [0.15, 0.2) is 0 Å². The van der Waals surface area contributed by atoms with E-state index in [1.807, 2.05) is 0 Å². The summed E-state index contributed by atoms with van der Waals surface area (Å²) in [5, 5.41) is 4.02. The van der Waals surface area contributed by atoms with Gasteiger partial charge in [-0.3, -0.25) is 4.79 Å². The van der Waals surface area contributed by atoms with E-state index in [1.165, 1.54) is 0 Å². The van der Waals surface area contributed by atoms with Gasteiger partial charge in [-0.25, -0.2) is 0 Å². The zero-order chi connectivity index (χ0) is 11.5. The second kappa shape index (κ2) is 5.04. The molecule has 0 atom stereocenters. The van der Waals surface area contributed by atoms with Crippen LogP contribution >= 0.6 is 23.2 Å². The summed E-state index contributed by atoms with van der Waals surface area (Å²) in [4.78, 5) is 13.9. The topological polar surface area (TPSA) is 32.3 Å². The smallest absolute Gasteiger partial charge is 0.256 e. The number of carbonyl (C=O) groups is 1. The van der Waals surface area contributed by atoms with Gasteiger partial charge in [0.05, 0.1) is 15.6 Å². The summed E-state index contributed by atoms with van der Waals surface area (Å²) in [6.45, 7) is 3.02. The van der Waals surface area contributed by atoms with E-state index in [-0.39, 0.29) is 5.91 Å². The third kappa shape index (κ3) is 2.32. The molecule has 1 fully saturated rings. The standard InChI is InChI=1S/C11H12Cl2N2O/c12-8-2-1-3-9(13)10(8)11(16)15-6-4-14-5-7-15/h1-3,14H,4-7H2. The van der Waals surface area contributed by atoms with Crippen LogP contribution in [0.3, 0.4) is 0 Å². The molecule has 16 heavy (non-hydrogen) atoms. The van der Waals surface area contributed by atoms with E-state index in [4.69, 9.17) is 23.2 Å². The Bertz CT molecular complexity index is 383. The quantitative estimate of drug-likeness (QED) is 0.837. The van der Waals surface area contributed by atoms with E-state index in [0.29, 0.717) is 28.7 Å². The van der Waals surface area contributed by atoms with Gasteiger partial charge in [0.2, 0.25) is 0 Å². The number of nitrogens with one attached hydrogen (secondary N) is 1. The van der Waals surface area contributed by atoms with Crippen molar-refractivity contribution in [3.05, 3.63) is 33.8 Å². The molecule has 1 aliphatic rings. The van der Waals surface area contributed by atoms with Crippen molar-refractivity contribution >= 4 is 29.1 Å². The first-order valence-electron chi connectivity index (χ1n) is 5.14. The Kier molecular flexibility index (Phi) is 3.69. The number of carbonyl (C=O) groups excluding carboxylic acids is 1. The zero-order valence-corrected chi connectivity index (χ0v) is 10.2. The van der Waals surface area contributed by atoms with E-state index in [2.05, 4.69) is 5.32 Å². The Labute approximate surface area is 104 Å². The fourth-order valence-electron chi connectivity index (χ4n) is 1.73. The number of rotatable bonds is 1. The number of hydrogen-bond donors (Lipinski definition) is 1. The van der Waals surface area contributed by atoms with Crippen molar-refractivity contribution in [2.75, 3.05) is 26.2 Å². The van der Waals surface area contributed by atoms with Gasteiger partial charge in [0, 0.05) is 26.2 Å². The van der Waals surface area contributed by atoms with Crippen molar-refractivity contribution in [3.63, 3.8) is 0 Å². The monoisotopic (exact) mass is 258 g/mol.